The maximum Gasteiger partial charge on any atom is 0.348 e. The molecule has 0 spiro atoms. The quantitative estimate of drug-likeness (QED) is 0.671. The van der Waals surface area contributed by atoms with Crippen LogP contribution in [-0.2, 0) is 28.6 Å². The van der Waals surface area contributed by atoms with E-state index < -0.39 is 30.1 Å². The number of aryl methyl sites for hydroxylation is 1. The number of anilines is 1. The van der Waals surface area contributed by atoms with Gasteiger partial charge in [-0.15, -0.1) is 0 Å². The molecule has 2 amide bonds. The summed E-state index contributed by atoms with van der Waals surface area (Å²) in [6, 6.07) is 5.05. The molecule has 10 heteroatoms. The van der Waals surface area contributed by atoms with Gasteiger partial charge in [0.25, 0.3) is 11.8 Å². The normalized spacial score (nSPS) is 20.6. The topological polar surface area (TPSA) is 123 Å². The number of carboxylic acid groups (broad SMARTS) is 1. The molecule has 0 aromatic heterocycles. The maximum absolute atomic E-state index is 13.0. The largest absolute Gasteiger partial charge is 0.478 e. The van der Waals surface area contributed by atoms with Crippen LogP contribution < -0.4 is 4.90 Å². The smallest absolute Gasteiger partial charge is 0.348 e. The van der Waals surface area contributed by atoms with Crippen molar-refractivity contribution in [1.82, 2.24) is 4.90 Å². The van der Waals surface area contributed by atoms with Crippen molar-refractivity contribution in [1.29, 1.82) is 0 Å². The highest BCUT2D eigenvalue weighted by atomic mass is 16.6. The number of ether oxygens (including phenoxy) is 3. The van der Waals surface area contributed by atoms with Gasteiger partial charge >= 0.3 is 11.9 Å². The third-order valence-corrected chi connectivity index (χ3v) is 4.99. The zero-order chi connectivity index (χ0) is 21.8. The summed E-state index contributed by atoms with van der Waals surface area (Å²) in [7, 11) is 0. The number of carbonyl (C=O) groups is 4. The van der Waals surface area contributed by atoms with Crippen LogP contribution in [-0.4, -0.2) is 85.4 Å². The lowest BCUT2D eigenvalue weighted by Crippen LogP contribution is -2.55. The van der Waals surface area contributed by atoms with Gasteiger partial charge in [0.15, 0.2) is 6.10 Å². The van der Waals surface area contributed by atoms with E-state index in [1.54, 1.807) is 23.1 Å². The van der Waals surface area contributed by atoms with Crippen LogP contribution in [0.25, 0.3) is 0 Å². The van der Waals surface area contributed by atoms with E-state index in [0.29, 0.717) is 37.6 Å². The van der Waals surface area contributed by atoms with E-state index in [1.165, 1.54) is 4.90 Å². The fraction of sp³-hybridized carbons (Fsp3) is 0.500. The Kier molecular flexibility index (Phi) is 6.68. The number of amides is 2. The Morgan fingerprint density at radius 2 is 1.87 bits per heavy atom. The molecule has 10 nitrogen and oxygen atoms in total. The number of nitrogens with zero attached hydrogens (tertiary/aromatic N) is 2. The third-order valence-electron chi connectivity index (χ3n) is 4.99. The average Bonchev–Trinajstić information content (AvgIpc) is 2.73. The predicted octanol–water partition coefficient (Wildman–Crippen LogP) is 0.216. The monoisotopic (exact) mass is 420 g/mol. The van der Waals surface area contributed by atoms with Crippen molar-refractivity contribution in [2.24, 2.45) is 0 Å². The second kappa shape index (κ2) is 9.23. The highest BCUT2D eigenvalue weighted by Crippen LogP contribution is 2.25. The van der Waals surface area contributed by atoms with Crippen LogP contribution >= 0.6 is 0 Å². The molecule has 0 radical (unpaired) electrons. The number of esters is 1. The Morgan fingerprint density at radius 3 is 2.50 bits per heavy atom. The lowest BCUT2D eigenvalue weighted by Gasteiger charge is -2.35. The zero-order valence-electron chi connectivity index (χ0n) is 16.8. The second-order valence-electron chi connectivity index (χ2n) is 7.05. The summed E-state index contributed by atoms with van der Waals surface area (Å²) >= 11 is 0. The van der Waals surface area contributed by atoms with Crippen molar-refractivity contribution in [2.45, 2.75) is 26.1 Å². The predicted molar refractivity (Wildman–Crippen MR) is 103 cm³/mol. The van der Waals surface area contributed by atoms with Crippen LogP contribution in [0.1, 0.15) is 22.8 Å². The Hall–Kier alpha value is -2.98. The Bertz CT molecular complexity index is 849. The number of carbonyl (C=O) groups excluding carboxylic acids is 3. The van der Waals surface area contributed by atoms with Crippen LogP contribution in [0.4, 0.5) is 5.69 Å². The van der Waals surface area contributed by atoms with Crippen molar-refractivity contribution in [2.75, 3.05) is 44.4 Å². The van der Waals surface area contributed by atoms with Gasteiger partial charge in [0.05, 0.1) is 19.8 Å². The second-order valence-corrected chi connectivity index (χ2v) is 7.05. The number of carboxylic acids is 1. The van der Waals surface area contributed by atoms with E-state index in [9.17, 15) is 24.3 Å². The summed E-state index contributed by atoms with van der Waals surface area (Å²) < 4.78 is 15.4. The van der Waals surface area contributed by atoms with Gasteiger partial charge in [-0.1, -0.05) is 6.07 Å². The van der Waals surface area contributed by atoms with Crippen molar-refractivity contribution in [3.63, 3.8) is 0 Å². The molecule has 2 atom stereocenters. The minimum absolute atomic E-state index is 0.0576. The first kappa shape index (κ1) is 21.7. The molecule has 1 aromatic carbocycles. The summed E-state index contributed by atoms with van der Waals surface area (Å²) in [6.45, 7) is 5.03. The molecule has 0 aliphatic carbocycles. The molecule has 2 aliphatic rings. The van der Waals surface area contributed by atoms with Gasteiger partial charge < -0.3 is 29.1 Å². The molecule has 1 aromatic rings. The van der Waals surface area contributed by atoms with Crippen molar-refractivity contribution < 1.29 is 38.5 Å². The Balaban J connectivity index is 1.85. The van der Waals surface area contributed by atoms with Crippen LogP contribution in [0.2, 0.25) is 0 Å². The molecule has 2 aliphatic heterocycles. The van der Waals surface area contributed by atoms with Gasteiger partial charge in [0.2, 0.25) is 6.10 Å². The summed E-state index contributed by atoms with van der Waals surface area (Å²) in [5.41, 5.74) is 1.67. The summed E-state index contributed by atoms with van der Waals surface area (Å²) in [4.78, 5) is 51.7. The van der Waals surface area contributed by atoms with Gasteiger partial charge in [-0.3, -0.25) is 14.4 Å². The Labute approximate surface area is 173 Å². The van der Waals surface area contributed by atoms with Crippen molar-refractivity contribution in [3.8, 4) is 0 Å². The highest BCUT2D eigenvalue weighted by Gasteiger charge is 2.42. The molecule has 0 saturated carbocycles. The summed E-state index contributed by atoms with van der Waals surface area (Å²) in [5, 5.41) is 9.36. The van der Waals surface area contributed by atoms with Gasteiger partial charge in [0.1, 0.15) is 0 Å². The molecular weight excluding hydrogens is 396 g/mol. The fourth-order valence-electron chi connectivity index (χ4n) is 3.44. The van der Waals surface area contributed by atoms with E-state index in [0.717, 1.165) is 12.5 Å². The lowest BCUT2D eigenvalue weighted by molar-refractivity contribution is -0.177. The number of hydrogen-bond acceptors (Lipinski definition) is 7. The third kappa shape index (κ3) is 4.60. The van der Waals surface area contributed by atoms with Crippen molar-refractivity contribution in [3.05, 3.63) is 29.3 Å². The SMILES string of the molecule is CC(=O)O[C@@H](C(=O)O)[C@H]1OCCN(c2ccc(C)c(C(=O)N3CCOCC3)c2)C1=O. The molecule has 2 heterocycles. The van der Waals surface area contributed by atoms with E-state index in [1.807, 2.05) is 6.92 Å². The Morgan fingerprint density at radius 1 is 1.17 bits per heavy atom. The molecule has 30 heavy (non-hydrogen) atoms. The molecule has 162 valence electrons. The van der Waals surface area contributed by atoms with Crippen molar-refractivity contribution >= 4 is 29.4 Å². The standard InChI is InChI=1S/C20H24N2O8/c1-12-3-4-14(11-15(12)18(24)21-5-8-28-9-6-21)22-7-10-29-16(19(22)25)17(20(26)27)30-13(2)23/h3-4,11,16-17H,5-10H2,1-2H3,(H,26,27)/t16-,17-/m1/s1. The van der Waals surface area contributed by atoms with Gasteiger partial charge in [-0.2, -0.15) is 0 Å². The minimum atomic E-state index is -1.75. The molecule has 2 fully saturated rings. The minimum Gasteiger partial charge on any atom is -0.478 e. The van der Waals surface area contributed by atoms with Crippen LogP contribution in [0, 0.1) is 6.92 Å². The number of hydrogen-bond donors (Lipinski definition) is 1. The molecule has 0 bridgehead atoms. The maximum atomic E-state index is 13.0. The average molecular weight is 420 g/mol. The molecule has 0 unspecified atom stereocenters. The first-order valence-electron chi connectivity index (χ1n) is 9.60. The number of benzene rings is 1. The first-order chi connectivity index (χ1) is 14.3. The zero-order valence-corrected chi connectivity index (χ0v) is 16.8. The van der Waals surface area contributed by atoms with E-state index >= 15 is 0 Å². The van der Waals surface area contributed by atoms with E-state index in [4.69, 9.17) is 14.2 Å². The summed E-state index contributed by atoms with van der Waals surface area (Å²) in [5.74, 6) is -3.11. The van der Waals surface area contributed by atoms with Gasteiger partial charge in [-0.05, 0) is 24.6 Å². The van der Waals surface area contributed by atoms with E-state index in [-0.39, 0.29) is 19.1 Å². The van der Waals surface area contributed by atoms with Gasteiger partial charge in [-0.25, -0.2) is 4.79 Å². The number of rotatable bonds is 5. The van der Waals surface area contributed by atoms with Crippen LogP contribution in [0.5, 0.6) is 0 Å². The highest BCUT2D eigenvalue weighted by molar-refractivity contribution is 6.02. The lowest BCUT2D eigenvalue weighted by atomic mass is 10.0. The van der Waals surface area contributed by atoms with Crippen LogP contribution in [0.15, 0.2) is 18.2 Å². The first-order valence-corrected chi connectivity index (χ1v) is 9.60. The molecular formula is C20H24N2O8. The summed E-state index contributed by atoms with van der Waals surface area (Å²) in [6.07, 6.45) is -3.22. The molecule has 2 saturated heterocycles. The number of aliphatic carboxylic acids is 1. The molecule has 1 N–H and O–H groups in total. The van der Waals surface area contributed by atoms with Gasteiger partial charge in [0, 0.05) is 37.8 Å². The molecule has 3 rings (SSSR count). The number of morpholine rings is 2. The van der Waals surface area contributed by atoms with Crippen LogP contribution in [0.3, 0.4) is 0 Å². The van der Waals surface area contributed by atoms with E-state index in [2.05, 4.69) is 0 Å². The fourth-order valence-corrected chi connectivity index (χ4v) is 3.44.